The Labute approximate surface area is 154 Å². The Kier molecular flexibility index (Phi) is 5.48. The van der Waals surface area contributed by atoms with Crippen LogP contribution >= 0.6 is 0 Å². The third kappa shape index (κ3) is 3.99. The standard InChI is InChI=1S/C19H24N2O4S/c1-14-13-17(7-8-18(14)24-3)26(22,23)21-11-9-16(10-12-21)25-19-6-4-5-15(2)20-19/h4-8,13,16H,9-12H2,1-3H3. The van der Waals surface area contributed by atoms with Crippen molar-refractivity contribution >= 4 is 10.0 Å². The van der Waals surface area contributed by atoms with Crippen LogP contribution in [-0.4, -0.2) is 44.0 Å². The molecular weight excluding hydrogens is 352 g/mol. The minimum Gasteiger partial charge on any atom is -0.496 e. The number of aryl methyl sites for hydroxylation is 2. The van der Waals surface area contributed by atoms with Crippen LogP contribution < -0.4 is 9.47 Å². The van der Waals surface area contributed by atoms with E-state index in [1.165, 1.54) is 4.31 Å². The molecule has 6 nitrogen and oxygen atoms in total. The monoisotopic (exact) mass is 376 g/mol. The first-order valence-electron chi connectivity index (χ1n) is 8.65. The number of piperidine rings is 1. The molecule has 0 spiro atoms. The van der Waals surface area contributed by atoms with Crippen molar-refractivity contribution in [3.8, 4) is 11.6 Å². The summed E-state index contributed by atoms with van der Waals surface area (Å²) < 4.78 is 38.4. The number of pyridine rings is 1. The number of hydrogen-bond acceptors (Lipinski definition) is 5. The largest absolute Gasteiger partial charge is 0.496 e. The molecule has 1 aromatic heterocycles. The number of rotatable bonds is 5. The smallest absolute Gasteiger partial charge is 0.243 e. The second-order valence-corrected chi connectivity index (χ2v) is 8.41. The molecule has 140 valence electrons. The second kappa shape index (κ2) is 7.63. The van der Waals surface area contributed by atoms with Gasteiger partial charge < -0.3 is 9.47 Å². The van der Waals surface area contributed by atoms with Crippen LogP contribution in [0, 0.1) is 13.8 Å². The van der Waals surface area contributed by atoms with Gasteiger partial charge in [-0.25, -0.2) is 13.4 Å². The zero-order valence-corrected chi connectivity index (χ0v) is 16.1. The van der Waals surface area contributed by atoms with Crippen LogP contribution in [0.4, 0.5) is 0 Å². The second-order valence-electron chi connectivity index (χ2n) is 6.47. The lowest BCUT2D eigenvalue weighted by Crippen LogP contribution is -2.41. The molecule has 3 rings (SSSR count). The molecule has 7 heteroatoms. The fourth-order valence-corrected chi connectivity index (χ4v) is 4.66. The van der Waals surface area contributed by atoms with Crippen LogP contribution in [-0.2, 0) is 10.0 Å². The van der Waals surface area contributed by atoms with Crippen LogP contribution in [0.2, 0.25) is 0 Å². The molecule has 26 heavy (non-hydrogen) atoms. The van der Waals surface area contributed by atoms with E-state index in [1.54, 1.807) is 25.3 Å². The van der Waals surface area contributed by atoms with Crippen molar-refractivity contribution in [1.29, 1.82) is 0 Å². The highest BCUT2D eigenvalue weighted by Gasteiger charge is 2.30. The van der Waals surface area contributed by atoms with E-state index >= 15 is 0 Å². The van der Waals surface area contributed by atoms with Gasteiger partial charge in [-0.15, -0.1) is 0 Å². The first-order valence-corrected chi connectivity index (χ1v) is 10.1. The molecule has 1 aliphatic rings. The van der Waals surface area contributed by atoms with E-state index in [0.29, 0.717) is 42.5 Å². The van der Waals surface area contributed by atoms with E-state index in [1.807, 2.05) is 32.0 Å². The first kappa shape index (κ1) is 18.7. The van der Waals surface area contributed by atoms with Gasteiger partial charge in [0.15, 0.2) is 0 Å². The molecule has 2 aromatic rings. The number of ether oxygens (including phenoxy) is 2. The summed E-state index contributed by atoms with van der Waals surface area (Å²) in [6, 6.07) is 10.6. The highest BCUT2D eigenvalue weighted by atomic mass is 32.2. The van der Waals surface area contributed by atoms with E-state index in [4.69, 9.17) is 9.47 Å². The minimum absolute atomic E-state index is 0.0200. The number of benzene rings is 1. The Bertz CT molecular complexity index is 875. The molecule has 0 amide bonds. The van der Waals surface area contributed by atoms with Crippen molar-refractivity contribution in [3.05, 3.63) is 47.7 Å². The zero-order chi connectivity index (χ0) is 18.7. The fraction of sp³-hybridized carbons (Fsp3) is 0.421. The third-order valence-corrected chi connectivity index (χ3v) is 6.45. The number of nitrogens with zero attached hydrogens (tertiary/aromatic N) is 2. The Hall–Kier alpha value is -2.12. The van der Waals surface area contributed by atoms with E-state index in [9.17, 15) is 8.42 Å². The van der Waals surface area contributed by atoms with Crippen molar-refractivity contribution < 1.29 is 17.9 Å². The highest BCUT2D eigenvalue weighted by Crippen LogP contribution is 2.26. The molecule has 0 bridgehead atoms. The summed E-state index contributed by atoms with van der Waals surface area (Å²) in [4.78, 5) is 4.64. The van der Waals surface area contributed by atoms with Crippen molar-refractivity contribution in [2.75, 3.05) is 20.2 Å². The SMILES string of the molecule is COc1ccc(S(=O)(=O)N2CCC(Oc3cccc(C)n3)CC2)cc1C. The predicted molar refractivity (Wildman–Crippen MR) is 99.1 cm³/mol. The Morgan fingerprint density at radius 2 is 1.85 bits per heavy atom. The number of hydrogen-bond donors (Lipinski definition) is 0. The maximum atomic E-state index is 12.9. The van der Waals surface area contributed by atoms with E-state index in [2.05, 4.69) is 4.98 Å². The van der Waals surface area contributed by atoms with Gasteiger partial charge in [-0.2, -0.15) is 4.31 Å². The van der Waals surface area contributed by atoms with Crippen LogP contribution in [0.3, 0.4) is 0 Å². The quantitative estimate of drug-likeness (QED) is 0.802. The molecule has 0 radical (unpaired) electrons. The normalized spacial score (nSPS) is 16.4. The molecular formula is C19H24N2O4S. The van der Waals surface area contributed by atoms with Crippen LogP contribution in [0.25, 0.3) is 0 Å². The van der Waals surface area contributed by atoms with Gasteiger partial charge in [0.05, 0.1) is 12.0 Å². The maximum absolute atomic E-state index is 12.9. The molecule has 0 aliphatic carbocycles. The number of methoxy groups -OCH3 is 1. The summed E-state index contributed by atoms with van der Waals surface area (Å²) in [5, 5.41) is 0. The zero-order valence-electron chi connectivity index (χ0n) is 15.3. The van der Waals surface area contributed by atoms with E-state index in [-0.39, 0.29) is 6.10 Å². The molecule has 0 unspecified atom stereocenters. The van der Waals surface area contributed by atoms with Gasteiger partial charge in [0, 0.05) is 24.8 Å². The molecule has 1 aliphatic heterocycles. The Morgan fingerprint density at radius 1 is 1.12 bits per heavy atom. The molecule has 1 aromatic carbocycles. The fourth-order valence-electron chi connectivity index (χ4n) is 3.11. The lowest BCUT2D eigenvalue weighted by Gasteiger charge is -2.31. The van der Waals surface area contributed by atoms with Gasteiger partial charge in [-0.1, -0.05) is 6.07 Å². The lowest BCUT2D eigenvalue weighted by atomic mass is 10.1. The Balaban J connectivity index is 1.66. The van der Waals surface area contributed by atoms with Crippen molar-refractivity contribution in [2.24, 2.45) is 0 Å². The number of aromatic nitrogens is 1. The van der Waals surface area contributed by atoms with Gasteiger partial charge in [0.2, 0.25) is 15.9 Å². The average Bonchev–Trinajstić information content (AvgIpc) is 2.62. The summed E-state index contributed by atoms with van der Waals surface area (Å²) >= 11 is 0. The lowest BCUT2D eigenvalue weighted by molar-refractivity contribution is 0.129. The van der Waals surface area contributed by atoms with Crippen molar-refractivity contribution in [1.82, 2.24) is 9.29 Å². The summed E-state index contributed by atoms with van der Waals surface area (Å²) in [7, 11) is -1.93. The molecule has 1 fully saturated rings. The van der Waals surface area contributed by atoms with Crippen molar-refractivity contribution in [3.63, 3.8) is 0 Å². The first-order chi connectivity index (χ1) is 12.4. The van der Waals surface area contributed by atoms with Crippen LogP contribution in [0.5, 0.6) is 11.6 Å². The van der Waals surface area contributed by atoms with E-state index < -0.39 is 10.0 Å². The maximum Gasteiger partial charge on any atom is 0.243 e. The van der Waals surface area contributed by atoms with Crippen LogP contribution in [0.15, 0.2) is 41.3 Å². The third-order valence-electron chi connectivity index (χ3n) is 4.56. The van der Waals surface area contributed by atoms with Gasteiger partial charge >= 0.3 is 0 Å². The Morgan fingerprint density at radius 3 is 2.46 bits per heavy atom. The molecule has 2 heterocycles. The molecule has 0 atom stereocenters. The summed E-state index contributed by atoms with van der Waals surface area (Å²) in [6.07, 6.45) is 1.27. The minimum atomic E-state index is -3.51. The van der Waals surface area contributed by atoms with Gasteiger partial charge in [0.1, 0.15) is 11.9 Å². The topological polar surface area (TPSA) is 68.7 Å². The summed E-state index contributed by atoms with van der Waals surface area (Å²) in [5.74, 6) is 1.28. The summed E-state index contributed by atoms with van der Waals surface area (Å²) in [5.41, 5.74) is 1.70. The van der Waals surface area contributed by atoms with Gasteiger partial charge in [-0.05, 0) is 56.5 Å². The average molecular weight is 376 g/mol. The van der Waals surface area contributed by atoms with Gasteiger partial charge in [0.25, 0.3) is 0 Å². The molecule has 1 saturated heterocycles. The highest BCUT2D eigenvalue weighted by molar-refractivity contribution is 7.89. The molecule has 0 N–H and O–H groups in total. The van der Waals surface area contributed by atoms with Crippen LogP contribution in [0.1, 0.15) is 24.1 Å². The number of sulfonamides is 1. The molecule has 0 saturated carbocycles. The summed E-state index contributed by atoms with van der Waals surface area (Å²) in [6.45, 7) is 4.62. The van der Waals surface area contributed by atoms with Crippen molar-refractivity contribution in [2.45, 2.75) is 37.7 Å². The van der Waals surface area contributed by atoms with E-state index in [0.717, 1.165) is 11.3 Å². The van der Waals surface area contributed by atoms with Gasteiger partial charge in [-0.3, -0.25) is 0 Å². The predicted octanol–water partition coefficient (Wildman–Crippen LogP) is 2.94.